The lowest BCUT2D eigenvalue weighted by Crippen LogP contribution is -1.78. The molecule has 12 heavy (non-hydrogen) atoms. The molecule has 1 N–H and O–H groups in total. The van der Waals surface area contributed by atoms with Gasteiger partial charge in [-0.3, -0.25) is 0 Å². The molecule has 0 radical (unpaired) electrons. The second kappa shape index (κ2) is 3.23. The van der Waals surface area contributed by atoms with Gasteiger partial charge < -0.3 is 4.98 Å². The first kappa shape index (κ1) is 7.74. The number of aromatic amines is 1. The van der Waals surface area contributed by atoms with Crippen LogP contribution in [0.5, 0.6) is 0 Å². The first-order chi connectivity index (χ1) is 5.90. The number of fused-ring (bicyclic) bond motifs is 1. The van der Waals surface area contributed by atoms with E-state index in [9.17, 15) is 0 Å². The molecule has 0 unspecified atom stereocenters. The van der Waals surface area contributed by atoms with Gasteiger partial charge in [-0.25, -0.2) is 0 Å². The van der Waals surface area contributed by atoms with Gasteiger partial charge >= 0.3 is 0 Å². The molecule has 0 atom stereocenters. The maximum atomic E-state index is 3.18. The van der Waals surface area contributed by atoms with E-state index in [0.29, 0.717) is 0 Å². The molecule has 0 spiro atoms. The lowest BCUT2D eigenvalue weighted by molar-refractivity contribution is 1.43. The number of H-pyrrole nitrogens is 1. The summed E-state index contributed by atoms with van der Waals surface area (Å²) >= 11 is 1.86. The third kappa shape index (κ3) is 1.34. The third-order valence-electron chi connectivity index (χ3n) is 1.93. The SMILES string of the molecule is CSCc1ccc2[nH]ccc2c1. The molecule has 1 heterocycles. The number of hydrogen-bond acceptors (Lipinski definition) is 1. The van der Waals surface area contributed by atoms with Crippen molar-refractivity contribution in [1.29, 1.82) is 0 Å². The highest BCUT2D eigenvalue weighted by atomic mass is 32.2. The molecular weight excluding hydrogens is 166 g/mol. The summed E-state index contributed by atoms with van der Waals surface area (Å²) in [5, 5.41) is 1.31. The molecule has 2 aromatic rings. The smallest absolute Gasteiger partial charge is 0.0454 e. The molecule has 1 aromatic heterocycles. The number of thioether (sulfide) groups is 1. The topological polar surface area (TPSA) is 15.8 Å². The predicted octanol–water partition coefficient (Wildman–Crippen LogP) is 3.03. The van der Waals surface area contributed by atoms with Crippen molar-refractivity contribution in [2.45, 2.75) is 5.75 Å². The normalized spacial score (nSPS) is 10.8. The average Bonchev–Trinajstić information content (AvgIpc) is 2.51. The summed E-state index contributed by atoms with van der Waals surface area (Å²) in [6, 6.07) is 8.66. The molecule has 2 rings (SSSR count). The van der Waals surface area contributed by atoms with Crippen LogP contribution in [0.15, 0.2) is 30.5 Å². The second-order valence-corrected chi connectivity index (χ2v) is 3.70. The molecule has 0 aliphatic carbocycles. The molecule has 2 heteroatoms. The van der Waals surface area contributed by atoms with E-state index < -0.39 is 0 Å². The Labute approximate surface area is 76.2 Å². The van der Waals surface area contributed by atoms with Gasteiger partial charge in [-0.1, -0.05) is 6.07 Å². The zero-order valence-electron chi connectivity index (χ0n) is 7.00. The Morgan fingerprint density at radius 1 is 1.33 bits per heavy atom. The van der Waals surface area contributed by atoms with Gasteiger partial charge in [0.1, 0.15) is 0 Å². The molecule has 0 aliphatic rings. The molecule has 0 aliphatic heterocycles. The molecule has 62 valence electrons. The summed E-state index contributed by atoms with van der Waals surface area (Å²) in [6.07, 6.45) is 4.11. The van der Waals surface area contributed by atoms with Crippen LogP contribution in [0.3, 0.4) is 0 Å². The van der Waals surface area contributed by atoms with Crippen molar-refractivity contribution in [1.82, 2.24) is 4.98 Å². The Bertz CT molecular complexity index is 378. The number of benzene rings is 1. The van der Waals surface area contributed by atoms with Crippen LogP contribution in [-0.2, 0) is 5.75 Å². The van der Waals surface area contributed by atoms with Crippen molar-refractivity contribution in [3.8, 4) is 0 Å². The van der Waals surface area contributed by atoms with E-state index in [4.69, 9.17) is 0 Å². The van der Waals surface area contributed by atoms with E-state index in [1.54, 1.807) is 0 Å². The van der Waals surface area contributed by atoms with Crippen molar-refractivity contribution in [3.05, 3.63) is 36.0 Å². The summed E-state index contributed by atoms with van der Waals surface area (Å²) in [5.41, 5.74) is 2.62. The van der Waals surface area contributed by atoms with Crippen LogP contribution in [0.25, 0.3) is 10.9 Å². The van der Waals surface area contributed by atoms with Gasteiger partial charge in [0.15, 0.2) is 0 Å². The highest BCUT2D eigenvalue weighted by Crippen LogP contribution is 2.16. The van der Waals surface area contributed by atoms with E-state index in [1.807, 2.05) is 18.0 Å². The number of rotatable bonds is 2. The number of aromatic nitrogens is 1. The van der Waals surface area contributed by atoms with Gasteiger partial charge in [0, 0.05) is 17.5 Å². The minimum absolute atomic E-state index is 1.10. The van der Waals surface area contributed by atoms with E-state index in [-0.39, 0.29) is 0 Å². The first-order valence-corrected chi connectivity index (χ1v) is 5.34. The molecular formula is C10H11NS. The Morgan fingerprint density at radius 2 is 2.25 bits per heavy atom. The highest BCUT2D eigenvalue weighted by molar-refractivity contribution is 7.97. The van der Waals surface area contributed by atoms with E-state index in [0.717, 1.165) is 5.75 Å². The molecule has 0 bridgehead atoms. The van der Waals surface area contributed by atoms with Crippen LogP contribution in [0, 0.1) is 0 Å². The second-order valence-electron chi connectivity index (χ2n) is 2.83. The van der Waals surface area contributed by atoms with Gasteiger partial charge in [-0.2, -0.15) is 11.8 Å². The lowest BCUT2D eigenvalue weighted by atomic mass is 10.2. The van der Waals surface area contributed by atoms with Crippen LogP contribution in [0.2, 0.25) is 0 Å². The fourth-order valence-electron chi connectivity index (χ4n) is 1.36. The molecule has 0 saturated heterocycles. The molecule has 0 fully saturated rings. The average molecular weight is 177 g/mol. The summed E-state index contributed by atoms with van der Waals surface area (Å²) < 4.78 is 0. The van der Waals surface area contributed by atoms with Crippen LogP contribution in [0.1, 0.15) is 5.56 Å². The summed E-state index contributed by atoms with van der Waals surface area (Å²) in [6.45, 7) is 0. The number of nitrogens with one attached hydrogen (secondary N) is 1. The molecule has 0 amide bonds. The fourth-order valence-corrected chi connectivity index (χ4v) is 1.87. The van der Waals surface area contributed by atoms with Crippen LogP contribution < -0.4 is 0 Å². The van der Waals surface area contributed by atoms with Crippen molar-refractivity contribution in [2.75, 3.05) is 6.26 Å². The van der Waals surface area contributed by atoms with Gasteiger partial charge in [0.05, 0.1) is 0 Å². The van der Waals surface area contributed by atoms with Crippen molar-refractivity contribution >= 4 is 22.7 Å². The largest absolute Gasteiger partial charge is 0.361 e. The standard InChI is InChI=1S/C10H11NS/c1-12-7-8-2-3-10-9(6-8)4-5-11-10/h2-6,11H,7H2,1H3. The molecule has 1 aromatic carbocycles. The van der Waals surface area contributed by atoms with E-state index in [1.165, 1.54) is 16.5 Å². The Kier molecular flexibility index (Phi) is 2.09. The zero-order valence-corrected chi connectivity index (χ0v) is 7.82. The van der Waals surface area contributed by atoms with Gasteiger partial charge in [-0.15, -0.1) is 0 Å². The Morgan fingerprint density at radius 3 is 3.08 bits per heavy atom. The molecule has 0 saturated carbocycles. The Hall–Kier alpha value is -0.890. The third-order valence-corrected chi connectivity index (χ3v) is 2.55. The van der Waals surface area contributed by atoms with Crippen molar-refractivity contribution < 1.29 is 0 Å². The monoisotopic (exact) mass is 177 g/mol. The Balaban J connectivity index is 2.46. The highest BCUT2D eigenvalue weighted by Gasteiger charge is 1.95. The van der Waals surface area contributed by atoms with E-state index in [2.05, 4.69) is 35.5 Å². The maximum Gasteiger partial charge on any atom is 0.0454 e. The van der Waals surface area contributed by atoms with Crippen molar-refractivity contribution in [3.63, 3.8) is 0 Å². The van der Waals surface area contributed by atoms with Crippen LogP contribution >= 0.6 is 11.8 Å². The summed E-state index contributed by atoms with van der Waals surface area (Å²) in [5.74, 6) is 1.10. The van der Waals surface area contributed by atoms with E-state index >= 15 is 0 Å². The lowest BCUT2D eigenvalue weighted by Gasteiger charge is -1.97. The number of hydrogen-bond donors (Lipinski definition) is 1. The van der Waals surface area contributed by atoms with Crippen LogP contribution in [-0.4, -0.2) is 11.2 Å². The zero-order chi connectivity index (χ0) is 8.39. The maximum absolute atomic E-state index is 3.18. The van der Waals surface area contributed by atoms with Crippen molar-refractivity contribution in [2.24, 2.45) is 0 Å². The molecule has 1 nitrogen and oxygen atoms in total. The minimum atomic E-state index is 1.10. The summed E-state index contributed by atoms with van der Waals surface area (Å²) in [7, 11) is 0. The van der Waals surface area contributed by atoms with Gasteiger partial charge in [0.25, 0.3) is 0 Å². The van der Waals surface area contributed by atoms with Gasteiger partial charge in [0.2, 0.25) is 0 Å². The first-order valence-electron chi connectivity index (χ1n) is 3.95. The quantitative estimate of drug-likeness (QED) is 0.745. The predicted molar refractivity (Wildman–Crippen MR) is 55.5 cm³/mol. The van der Waals surface area contributed by atoms with Gasteiger partial charge in [-0.05, 0) is 35.4 Å². The van der Waals surface area contributed by atoms with Crippen LogP contribution in [0.4, 0.5) is 0 Å². The minimum Gasteiger partial charge on any atom is -0.361 e. The fraction of sp³-hybridized carbons (Fsp3) is 0.200. The summed E-state index contributed by atoms with van der Waals surface area (Å²) in [4.78, 5) is 3.18.